The predicted molar refractivity (Wildman–Crippen MR) is 87.4 cm³/mol. The first-order valence-electron chi connectivity index (χ1n) is 8.03. The molecule has 2 aromatic heterocycles. The maximum absolute atomic E-state index is 11.1. The fraction of sp³-hybridized carbons (Fsp3) is 0.471. The normalized spacial score (nSPS) is 18.3. The fourth-order valence-corrected chi connectivity index (χ4v) is 3.16. The molecular weight excluding hydrogens is 290 g/mol. The average molecular weight is 313 g/mol. The molecule has 23 heavy (non-hydrogen) atoms. The van der Waals surface area contributed by atoms with Gasteiger partial charge in [-0.25, -0.2) is 0 Å². The summed E-state index contributed by atoms with van der Waals surface area (Å²) < 4.78 is 1.85. The number of nitrogens with one attached hydrogen (secondary N) is 1. The molecule has 0 aliphatic carbocycles. The van der Waals surface area contributed by atoms with Crippen molar-refractivity contribution in [1.82, 2.24) is 25.0 Å². The van der Waals surface area contributed by atoms with E-state index < -0.39 is 0 Å². The summed E-state index contributed by atoms with van der Waals surface area (Å²) in [4.78, 5) is 17.9. The van der Waals surface area contributed by atoms with Gasteiger partial charge >= 0.3 is 0 Å². The van der Waals surface area contributed by atoms with Gasteiger partial charge in [-0.3, -0.25) is 19.4 Å². The Morgan fingerprint density at radius 3 is 3.00 bits per heavy atom. The molecule has 2 aromatic rings. The Labute approximate surface area is 136 Å². The van der Waals surface area contributed by atoms with Crippen molar-refractivity contribution >= 4 is 5.91 Å². The molecule has 0 spiro atoms. The van der Waals surface area contributed by atoms with Crippen molar-refractivity contribution in [3.8, 4) is 0 Å². The number of hydrogen-bond donors (Lipinski definition) is 1. The maximum atomic E-state index is 11.1. The van der Waals surface area contributed by atoms with E-state index in [1.165, 1.54) is 18.9 Å². The van der Waals surface area contributed by atoms with Gasteiger partial charge in [-0.1, -0.05) is 0 Å². The smallest absolute Gasteiger partial charge is 0.217 e. The van der Waals surface area contributed by atoms with Crippen molar-refractivity contribution in [3.05, 3.63) is 47.5 Å². The van der Waals surface area contributed by atoms with Gasteiger partial charge in [0, 0.05) is 39.0 Å². The summed E-state index contributed by atoms with van der Waals surface area (Å²) in [5.41, 5.74) is 3.28. The summed E-state index contributed by atoms with van der Waals surface area (Å²) in [5.74, 6) is -0.0325. The van der Waals surface area contributed by atoms with Crippen LogP contribution in [0.4, 0.5) is 0 Å². The van der Waals surface area contributed by atoms with Crippen LogP contribution in [-0.2, 0) is 24.9 Å². The zero-order valence-electron chi connectivity index (χ0n) is 13.7. The molecule has 0 bridgehead atoms. The highest BCUT2D eigenvalue weighted by molar-refractivity contribution is 5.72. The molecule has 0 unspecified atom stereocenters. The van der Waals surface area contributed by atoms with Crippen LogP contribution >= 0.6 is 0 Å². The van der Waals surface area contributed by atoms with Crippen molar-refractivity contribution < 1.29 is 4.79 Å². The van der Waals surface area contributed by atoms with Crippen LogP contribution in [0.15, 0.2) is 30.6 Å². The van der Waals surface area contributed by atoms with Crippen LogP contribution in [0.5, 0.6) is 0 Å². The van der Waals surface area contributed by atoms with E-state index in [1.807, 2.05) is 24.1 Å². The topological polar surface area (TPSA) is 63.1 Å². The predicted octanol–water partition coefficient (Wildman–Crippen LogP) is 1.79. The van der Waals surface area contributed by atoms with E-state index in [-0.39, 0.29) is 5.91 Å². The van der Waals surface area contributed by atoms with Crippen LogP contribution in [0.1, 0.15) is 42.8 Å². The summed E-state index contributed by atoms with van der Waals surface area (Å²) >= 11 is 0. The first kappa shape index (κ1) is 15.7. The van der Waals surface area contributed by atoms with Gasteiger partial charge in [0.2, 0.25) is 5.91 Å². The van der Waals surface area contributed by atoms with Gasteiger partial charge in [0.25, 0.3) is 0 Å². The minimum atomic E-state index is -0.0325. The third-order valence-electron chi connectivity index (χ3n) is 4.24. The minimum Gasteiger partial charge on any atom is -0.351 e. The van der Waals surface area contributed by atoms with Gasteiger partial charge in [0.15, 0.2) is 0 Å². The average Bonchev–Trinajstić information content (AvgIpc) is 3.15. The molecule has 1 aliphatic heterocycles. The van der Waals surface area contributed by atoms with Gasteiger partial charge in [-0.2, -0.15) is 5.10 Å². The first-order valence-corrected chi connectivity index (χ1v) is 8.03. The lowest BCUT2D eigenvalue weighted by molar-refractivity contribution is -0.119. The number of rotatable bonds is 5. The zero-order valence-corrected chi connectivity index (χ0v) is 13.7. The maximum Gasteiger partial charge on any atom is 0.217 e. The molecule has 6 nitrogen and oxygen atoms in total. The van der Waals surface area contributed by atoms with Gasteiger partial charge in [0.1, 0.15) is 0 Å². The van der Waals surface area contributed by atoms with Crippen molar-refractivity contribution in [2.24, 2.45) is 7.05 Å². The number of aromatic nitrogens is 3. The Hall–Kier alpha value is -2.21. The van der Waals surface area contributed by atoms with Crippen LogP contribution < -0.4 is 5.32 Å². The molecule has 1 fully saturated rings. The Kier molecular flexibility index (Phi) is 4.71. The largest absolute Gasteiger partial charge is 0.351 e. The molecular formula is C17H23N5O. The number of aryl methyl sites for hydroxylation is 1. The van der Waals surface area contributed by atoms with E-state index in [4.69, 9.17) is 0 Å². The van der Waals surface area contributed by atoms with Crippen LogP contribution in [0, 0.1) is 0 Å². The number of hydrogen-bond acceptors (Lipinski definition) is 4. The second kappa shape index (κ2) is 6.91. The SMILES string of the molecule is CC(=O)NCc1cc([C@H]2CCCN2Cc2ccn(C)n2)ccn1. The molecule has 1 N–H and O–H groups in total. The molecule has 3 rings (SSSR count). The second-order valence-corrected chi connectivity index (χ2v) is 6.10. The third kappa shape index (κ3) is 3.96. The van der Waals surface area contributed by atoms with Crippen LogP contribution in [-0.4, -0.2) is 32.1 Å². The van der Waals surface area contributed by atoms with Crippen LogP contribution in [0.25, 0.3) is 0 Å². The Morgan fingerprint density at radius 2 is 2.26 bits per heavy atom. The monoisotopic (exact) mass is 313 g/mol. The lowest BCUT2D eigenvalue weighted by Crippen LogP contribution is -2.24. The number of carbonyl (C=O) groups is 1. The first-order chi connectivity index (χ1) is 11.1. The molecule has 1 saturated heterocycles. The Balaban J connectivity index is 1.71. The summed E-state index contributed by atoms with van der Waals surface area (Å²) in [6, 6.07) is 6.66. The van der Waals surface area contributed by atoms with E-state index >= 15 is 0 Å². The van der Waals surface area contributed by atoms with Crippen LogP contribution in [0.3, 0.4) is 0 Å². The van der Waals surface area contributed by atoms with E-state index in [0.717, 1.165) is 30.9 Å². The molecule has 1 atom stereocenters. The van der Waals surface area contributed by atoms with Gasteiger partial charge in [-0.05, 0) is 43.1 Å². The zero-order chi connectivity index (χ0) is 16.2. The molecule has 1 aliphatic rings. The fourth-order valence-electron chi connectivity index (χ4n) is 3.16. The standard InChI is InChI=1S/C17H23N5O/c1-13(23)19-11-16-10-14(5-7-18-16)17-4-3-8-22(17)12-15-6-9-21(2)20-15/h5-7,9-10,17H,3-4,8,11-12H2,1-2H3,(H,19,23)/t17-/m1/s1. The lowest BCUT2D eigenvalue weighted by Gasteiger charge is -2.24. The number of nitrogens with zero attached hydrogens (tertiary/aromatic N) is 4. The molecule has 0 saturated carbocycles. The third-order valence-corrected chi connectivity index (χ3v) is 4.24. The molecule has 1 amide bonds. The van der Waals surface area contributed by atoms with E-state index in [2.05, 4.69) is 38.5 Å². The number of likely N-dealkylation sites (tertiary alicyclic amines) is 1. The van der Waals surface area contributed by atoms with Gasteiger partial charge in [0.05, 0.1) is 17.9 Å². The van der Waals surface area contributed by atoms with E-state index in [9.17, 15) is 4.79 Å². The number of carbonyl (C=O) groups excluding carboxylic acids is 1. The lowest BCUT2D eigenvalue weighted by atomic mass is 10.0. The molecule has 122 valence electrons. The Morgan fingerprint density at radius 1 is 1.39 bits per heavy atom. The van der Waals surface area contributed by atoms with E-state index in [0.29, 0.717) is 12.6 Å². The van der Waals surface area contributed by atoms with Crippen molar-refractivity contribution in [2.75, 3.05) is 6.54 Å². The summed E-state index contributed by atoms with van der Waals surface area (Å²) in [6.07, 6.45) is 6.17. The summed E-state index contributed by atoms with van der Waals surface area (Å²) in [6.45, 7) is 3.96. The molecule has 0 aromatic carbocycles. The highest BCUT2D eigenvalue weighted by atomic mass is 16.1. The second-order valence-electron chi connectivity index (χ2n) is 6.10. The van der Waals surface area contributed by atoms with E-state index in [1.54, 1.807) is 0 Å². The summed E-state index contributed by atoms with van der Waals surface area (Å²) in [7, 11) is 1.95. The molecule has 0 radical (unpaired) electrons. The molecule has 3 heterocycles. The highest BCUT2D eigenvalue weighted by Gasteiger charge is 2.26. The van der Waals surface area contributed by atoms with Crippen molar-refractivity contribution in [2.45, 2.75) is 38.9 Å². The quantitative estimate of drug-likeness (QED) is 0.914. The number of pyridine rings is 1. The highest BCUT2D eigenvalue weighted by Crippen LogP contribution is 2.32. The van der Waals surface area contributed by atoms with Gasteiger partial charge in [-0.15, -0.1) is 0 Å². The molecule has 6 heteroatoms. The van der Waals surface area contributed by atoms with Crippen molar-refractivity contribution in [3.63, 3.8) is 0 Å². The number of amides is 1. The summed E-state index contributed by atoms with van der Waals surface area (Å²) in [5, 5.41) is 7.29. The van der Waals surface area contributed by atoms with Gasteiger partial charge < -0.3 is 5.32 Å². The Bertz CT molecular complexity index is 681. The van der Waals surface area contributed by atoms with Crippen molar-refractivity contribution in [1.29, 1.82) is 0 Å². The van der Waals surface area contributed by atoms with Crippen LogP contribution in [0.2, 0.25) is 0 Å². The minimum absolute atomic E-state index is 0.0325.